The van der Waals surface area contributed by atoms with Gasteiger partial charge in [0.05, 0.1) is 5.25 Å². The number of hydrogen-bond donors (Lipinski definition) is 2. The zero-order chi connectivity index (χ0) is 12.1. The molecule has 0 bridgehead atoms. The van der Waals surface area contributed by atoms with Crippen molar-refractivity contribution < 1.29 is 22.0 Å². The molecule has 2 fully saturated rings. The van der Waals surface area contributed by atoms with Crippen molar-refractivity contribution in [3.63, 3.8) is 0 Å². The lowest BCUT2D eigenvalue weighted by atomic mass is 10.2. The van der Waals surface area contributed by atoms with Crippen molar-refractivity contribution in [1.29, 1.82) is 0 Å². The highest BCUT2D eigenvalue weighted by Crippen LogP contribution is 2.45. The molecule has 0 radical (unpaired) electrons. The third-order valence-electron chi connectivity index (χ3n) is 2.98. The number of carbonyl (C=O) groups excluding carboxylic acids is 1. The van der Waals surface area contributed by atoms with Gasteiger partial charge in [-0.1, -0.05) is 0 Å². The fourth-order valence-electron chi connectivity index (χ4n) is 1.57. The minimum atomic E-state index is -3.70. The molecule has 92 valence electrons. The van der Waals surface area contributed by atoms with Crippen LogP contribution in [0.15, 0.2) is 0 Å². The van der Waals surface area contributed by atoms with Crippen molar-refractivity contribution in [3.8, 4) is 0 Å². The predicted octanol–water partition coefficient (Wildman–Crippen LogP) is -0.423. The predicted molar refractivity (Wildman–Crippen MR) is 51.1 cm³/mol. The maximum absolute atomic E-state index is 12.3. The molecule has 1 unspecified atom stereocenters. The standard InChI is InChI=1S/C8H12F2N2O3S/c9-6(10)5-3-8(5,11)7(13)12-16(14,15)4-1-2-4/h4-6H,1-3,11H2,(H,12,13)/t5?,8-/m1/s1. The monoisotopic (exact) mass is 254 g/mol. The number of nitrogens with one attached hydrogen (secondary N) is 1. The number of amides is 1. The van der Waals surface area contributed by atoms with E-state index in [1.807, 2.05) is 0 Å². The summed E-state index contributed by atoms with van der Waals surface area (Å²) in [5, 5.41) is -0.566. The van der Waals surface area contributed by atoms with Crippen LogP contribution in [0.25, 0.3) is 0 Å². The van der Waals surface area contributed by atoms with E-state index in [0.29, 0.717) is 12.8 Å². The Morgan fingerprint density at radius 3 is 2.38 bits per heavy atom. The normalized spacial score (nSPS) is 33.9. The van der Waals surface area contributed by atoms with Gasteiger partial charge in [0.15, 0.2) is 0 Å². The Labute approximate surface area is 91.4 Å². The molecule has 0 aromatic rings. The van der Waals surface area contributed by atoms with Crippen molar-refractivity contribution in [2.45, 2.75) is 36.5 Å². The summed E-state index contributed by atoms with van der Waals surface area (Å²) in [6, 6.07) is 0. The van der Waals surface area contributed by atoms with E-state index in [2.05, 4.69) is 0 Å². The Balaban J connectivity index is 2.00. The van der Waals surface area contributed by atoms with Gasteiger partial charge in [0.1, 0.15) is 5.54 Å². The highest BCUT2D eigenvalue weighted by Gasteiger charge is 2.62. The zero-order valence-corrected chi connectivity index (χ0v) is 9.14. The second kappa shape index (κ2) is 3.36. The summed E-state index contributed by atoms with van der Waals surface area (Å²) in [5.74, 6) is -2.24. The van der Waals surface area contributed by atoms with Crippen molar-refractivity contribution >= 4 is 15.9 Å². The molecule has 0 aliphatic heterocycles. The smallest absolute Gasteiger partial charge is 0.254 e. The number of rotatable bonds is 4. The van der Waals surface area contributed by atoms with Gasteiger partial charge < -0.3 is 5.73 Å². The van der Waals surface area contributed by atoms with Gasteiger partial charge in [-0.05, 0) is 19.3 Å². The van der Waals surface area contributed by atoms with Gasteiger partial charge in [-0.3, -0.25) is 9.52 Å². The Hall–Kier alpha value is -0.760. The number of alkyl halides is 2. The van der Waals surface area contributed by atoms with Crippen LogP contribution in [0.2, 0.25) is 0 Å². The summed E-state index contributed by atoms with van der Waals surface area (Å²) < 4.78 is 49.1. The molecule has 0 aromatic heterocycles. The molecule has 1 amide bonds. The summed E-state index contributed by atoms with van der Waals surface area (Å²) in [6.07, 6.45) is -1.87. The molecule has 0 heterocycles. The van der Waals surface area contributed by atoms with Crippen molar-refractivity contribution in [2.75, 3.05) is 0 Å². The average molecular weight is 254 g/mol. The number of nitrogens with two attached hydrogens (primary N) is 1. The summed E-state index contributed by atoms with van der Waals surface area (Å²) in [4.78, 5) is 11.4. The lowest BCUT2D eigenvalue weighted by Gasteiger charge is -2.12. The van der Waals surface area contributed by atoms with E-state index in [9.17, 15) is 22.0 Å². The van der Waals surface area contributed by atoms with Gasteiger partial charge in [-0.2, -0.15) is 0 Å². The van der Waals surface area contributed by atoms with E-state index in [1.54, 1.807) is 4.72 Å². The van der Waals surface area contributed by atoms with Gasteiger partial charge in [0.2, 0.25) is 16.4 Å². The molecule has 0 aromatic carbocycles. The molecule has 0 saturated heterocycles. The number of carbonyl (C=O) groups is 1. The van der Waals surface area contributed by atoms with E-state index in [1.165, 1.54) is 0 Å². The summed E-state index contributed by atoms with van der Waals surface area (Å²) in [7, 11) is -3.70. The number of halogens is 2. The third kappa shape index (κ3) is 1.91. The SMILES string of the molecule is N[C@]1(C(=O)NS(=O)(=O)C2CC2)CC1C(F)F. The minimum Gasteiger partial charge on any atom is -0.317 e. The molecule has 8 heteroatoms. The third-order valence-corrected chi connectivity index (χ3v) is 4.80. The quantitative estimate of drug-likeness (QED) is 0.713. The van der Waals surface area contributed by atoms with Crippen LogP contribution in [0.3, 0.4) is 0 Å². The Morgan fingerprint density at radius 2 is 2.00 bits per heavy atom. The minimum absolute atomic E-state index is 0.170. The Kier molecular flexibility index (Phi) is 2.46. The maximum atomic E-state index is 12.3. The van der Waals surface area contributed by atoms with Crippen LogP contribution < -0.4 is 10.5 Å². The molecule has 0 spiro atoms. The molecule has 2 rings (SSSR count). The van der Waals surface area contributed by atoms with E-state index < -0.39 is 39.1 Å². The van der Waals surface area contributed by atoms with Crippen molar-refractivity contribution in [3.05, 3.63) is 0 Å². The fraction of sp³-hybridized carbons (Fsp3) is 0.875. The molecular weight excluding hydrogens is 242 g/mol. The van der Waals surface area contributed by atoms with Gasteiger partial charge in [0.25, 0.3) is 5.91 Å². The summed E-state index contributed by atoms with van der Waals surface area (Å²) in [6.45, 7) is 0. The topological polar surface area (TPSA) is 89.3 Å². The van der Waals surface area contributed by atoms with Gasteiger partial charge in [0, 0.05) is 5.92 Å². The number of hydrogen-bond acceptors (Lipinski definition) is 4. The van der Waals surface area contributed by atoms with E-state index >= 15 is 0 Å². The van der Waals surface area contributed by atoms with E-state index in [0.717, 1.165) is 0 Å². The molecule has 3 N–H and O–H groups in total. The second-order valence-corrected chi connectivity index (χ2v) is 6.32. The lowest BCUT2D eigenvalue weighted by molar-refractivity contribution is -0.122. The van der Waals surface area contributed by atoms with Gasteiger partial charge in [-0.25, -0.2) is 17.2 Å². The molecule has 16 heavy (non-hydrogen) atoms. The van der Waals surface area contributed by atoms with Crippen LogP contribution in [0.5, 0.6) is 0 Å². The lowest BCUT2D eigenvalue weighted by Crippen LogP contribution is -2.48. The first kappa shape index (κ1) is 11.7. The fourth-order valence-corrected chi connectivity index (χ4v) is 2.94. The van der Waals surface area contributed by atoms with Gasteiger partial charge >= 0.3 is 0 Å². The van der Waals surface area contributed by atoms with E-state index in [4.69, 9.17) is 5.73 Å². The Bertz CT molecular complexity index is 421. The van der Waals surface area contributed by atoms with Gasteiger partial charge in [-0.15, -0.1) is 0 Å². The average Bonchev–Trinajstić information content (AvgIpc) is 2.95. The van der Waals surface area contributed by atoms with Crippen LogP contribution in [-0.2, 0) is 14.8 Å². The Morgan fingerprint density at radius 1 is 1.44 bits per heavy atom. The number of sulfonamides is 1. The second-order valence-electron chi connectivity index (χ2n) is 4.36. The van der Waals surface area contributed by atoms with Crippen LogP contribution in [-0.4, -0.2) is 31.5 Å². The largest absolute Gasteiger partial charge is 0.317 e. The van der Waals surface area contributed by atoms with Crippen LogP contribution in [0, 0.1) is 5.92 Å². The first-order valence-electron chi connectivity index (χ1n) is 4.90. The van der Waals surface area contributed by atoms with Crippen LogP contribution in [0.1, 0.15) is 19.3 Å². The van der Waals surface area contributed by atoms with Crippen LogP contribution >= 0.6 is 0 Å². The molecule has 5 nitrogen and oxygen atoms in total. The first-order valence-corrected chi connectivity index (χ1v) is 6.45. The maximum Gasteiger partial charge on any atom is 0.254 e. The molecule has 2 atom stereocenters. The molecule has 2 saturated carbocycles. The van der Waals surface area contributed by atoms with Crippen molar-refractivity contribution in [1.82, 2.24) is 4.72 Å². The zero-order valence-electron chi connectivity index (χ0n) is 8.32. The molecule has 2 aliphatic carbocycles. The van der Waals surface area contributed by atoms with Crippen LogP contribution in [0.4, 0.5) is 8.78 Å². The van der Waals surface area contributed by atoms with E-state index in [-0.39, 0.29) is 6.42 Å². The summed E-state index contributed by atoms with van der Waals surface area (Å²) >= 11 is 0. The first-order chi connectivity index (χ1) is 7.27. The highest BCUT2D eigenvalue weighted by molar-refractivity contribution is 7.90. The summed E-state index contributed by atoms with van der Waals surface area (Å²) in [5.41, 5.74) is 3.69. The van der Waals surface area contributed by atoms with Crippen molar-refractivity contribution in [2.24, 2.45) is 11.7 Å². The molecule has 2 aliphatic rings. The molecular formula is C8H12F2N2O3S. The highest BCUT2D eigenvalue weighted by atomic mass is 32.2.